The zero-order chi connectivity index (χ0) is 18.7. The SMILES string of the molecule is [CH2-]C(CC(C)(C)C)C(=O)C(C)(C)C.[CH2-]CCNC(=O)CSCC.[Y]. The van der Waals surface area contributed by atoms with Gasteiger partial charge in [0.15, 0.2) is 0 Å². The monoisotopic (exact) mass is 432 g/mol. The number of rotatable bonds is 7. The number of ketones is 1. The summed E-state index contributed by atoms with van der Waals surface area (Å²) in [5.41, 5.74) is -0.0645. The van der Waals surface area contributed by atoms with Crippen LogP contribution in [0.25, 0.3) is 0 Å². The van der Waals surface area contributed by atoms with Crippen LogP contribution in [0.3, 0.4) is 0 Å². The van der Waals surface area contributed by atoms with Gasteiger partial charge in [0.05, 0.1) is 5.75 Å². The summed E-state index contributed by atoms with van der Waals surface area (Å²) in [5.74, 6) is 1.90. The second-order valence-corrected chi connectivity index (χ2v) is 9.19. The molecular weight excluding hydrogens is 395 g/mol. The van der Waals surface area contributed by atoms with Gasteiger partial charge in [-0.25, -0.2) is 0 Å². The fraction of sp³-hybridized carbons (Fsp3) is 0.789. The standard InChI is InChI=1S/C12H23O.C7H14NOS.Y/c1-9(8-11(2,3)4)10(13)12(5,6)7;1-3-5-8-7(9)6-10-4-2;/h9H,1,8H2,2-7H3;1,3-6H2,2H3,(H,8,9);/q2*-1;. The molecule has 5 heteroatoms. The molecule has 0 aromatic heterocycles. The van der Waals surface area contributed by atoms with E-state index in [4.69, 9.17) is 0 Å². The van der Waals surface area contributed by atoms with E-state index >= 15 is 0 Å². The van der Waals surface area contributed by atoms with Gasteiger partial charge in [0.1, 0.15) is 5.78 Å². The second kappa shape index (κ2) is 14.7. The Labute approximate surface area is 180 Å². The first-order valence-electron chi connectivity index (χ1n) is 8.36. The molecule has 0 bridgehead atoms. The Morgan fingerprint density at radius 3 is 1.96 bits per heavy atom. The average molecular weight is 432 g/mol. The van der Waals surface area contributed by atoms with E-state index in [1.807, 2.05) is 27.7 Å². The van der Waals surface area contributed by atoms with Crippen molar-refractivity contribution in [2.45, 2.75) is 61.3 Å². The van der Waals surface area contributed by atoms with Gasteiger partial charge in [0.2, 0.25) is 5.91 Å². The topological polar surface area (TPSA) is 46.2 Å². The summed E-state index contributed by atoms with van der Waals surface area (Å²) in [7, 11) is 0. The quantitative estimate of drug-likeness (QED) is 0.600. The van der Waals surface area contributed by atoms with Crippen molar-refractivity contribution in [3.63, 3.8) is 0 Å². The summed E-state index contributed by atoms with van der Waals surface area (Å²) in [4.78, 5) is 22.6. The maximum absolute atomic E-state index is 11.8. The van der Waals surface area contributed by atoms with Gasteiger partial charge in [-0.2, -0.15) is 18.2 Å². The molecule has 0 saturated carbocycles. The van der Waals surface area contributed by atoms with Gasteiger partial charge in [-0.05, 0) is 17.7 Å². The summed E-state index contributed by atoms with van der Waals surface area (Å²) in [6.45, 7) is 22.6. The second-order valence-electron chi connectivity index (χ2n) is 7.92. The predicted octanol–water partition coefficient (Wildman–Crippen LogP) is 4.57. The molecule has 3 nitrogen and oxygen atoms in total. The fourth-order valence-electron chi connectivity index (χ4n) is 1.92. The molecule has 141 valence electrons. The van der Waals surface area contributed by atoms with E-state index in [1.54, 1.807) is 11.8 Å². The Morgan fingerprint density at radius 1 is 1.12 bits per heavy atom. The molecule has 0 rings (SSSR count). The molecule has 0 saturated heterocycles. The minimum atomic E-state index is -0.252. The molecule has 0 aromatic carbocycles. The molecule has 1 amide bonds. The van der Waals surface area contributed by atoms with E-state index < -0.39 is 0 Å². The van der Waals surface area contributed by atoms with Crippen LogP contribution in [0.4, 0.5) is 0 Å². The molecule has 1 radical (unpaired) electrons. The molecule has 0 heterocycles. The Hall–Kier alpha value is 0.594. The summed E-state index contributed by atoms with van der Waals surface area (Å²) < 4.78 is 0. The molecule has 0 aliphatic rings. The molecule has 1 unspecified atom stereocenters. The number of amides is 1. The molecule has 0 fully saturated rings. The minimum absolute atomic E-state index is 0. The van der Waals surface area contributed by atoms with Crippen molar-refractivity contribution in [1.29, 1.82) is 0 Å². The van der Waals surface area contributed by atoms with E-state index in [2.05, 4.69) is 39.9 Å². The molecule has 1 atom stereocenters. The average Bonchev–Trinajstić information content (AvgIpc) is 2.39. The van der Waals surface area contributed by atoms with Gasteiger partial charge in [-0.3, -0.25) is 4.79 Å². The van der Waals surface area contributed by atoms with Crippen molar-refractivity contribution < 1.29 is 42.3 Å². The van der Waals surface area contributed by atoms with E-state index in [-0.39, 0.29) is 61.1 Å². The van der Waals surface area contributed by atoms with Crippen LogP contribution in [-0.4, -0.2) is 29.7 Å². The Kier molecular flexibility index (Phi) is 18.0. The Morgan fingerprint density at radius 2 is 1.62 bits per heavy atom. The van der Waals surface area contributed by atoms with Crippen molar-refractivity contribution in [3.05, 3.63) is 13.8 Å². The van der Waals surface area contributed by atoms with Crippen LogP contribution >= 0.6 is 11.8 Å². The van der Waals surface area contributed by atoms with Crippen LogP contribution in [0, 0.1) is 30.6 Å². The van der Waals surface area contributed by atoms with Gasteiger partial charge in [-0.15, -0.1) is 5.92 Å². The number of thioether (sulfide) groups is 1. The number of nitrogens with one attached hydrogen (secondary N) is 1. The van der Waals surface area contributed by atoms with Gasteiger partial charge in [0, 0.05) is 38.1 Å². The predicted molar refractivity (Wildman–Crippen MR) is 103 cm³/mol. The molecule has 0 spiro atoms. The number of carbonyl (C=O) groups is 2. The van der Waals surface area contributed by atoms with Crippen molar-refractivity contribution >= 4 is 23.5 Å². The van der Waals surface area contributed by atoms with E-state index in [0.29, 0.717) is 12.3 Å². The van der Waals surface area contributed by atoms with E-state index in [0.717, 1.165) is 18.6 Å². The third-order valence-electron chi connectivity index (χ3n) is 2.90. The molecular formula is C19H37NO2SY-2. The molecule has 0 aliphatic carbocycles. The first-order valence-corrected chi connectivity index (χ1v) is 9.51. The number of carbonyl (C=O) groups excluding carboxylic acids is 2. The Bertz CT molecular complexity index is 336. The third-order valence-corrected chi connectivity index (χ3v) is 3.78. The minimum Gasteiger partial charge on any atom is -0.358 e. The summed E-state index contributed by atoms with van der Waals surface area (Å²) in [6.07, 6.45) is 1.63. The summed E-state index contributed by atoms with van der Waals surface area (Å²) in [5, 5.41) is 2.74. The Balaban J connectivity index is -0.000000364. The van der Waals surface area contributed by atoms with Crippen LogP contribution < -0.4 is 5.32 Å². The first kappa shape index (κ1) is 29.4. The fourth-order valence-corrected chi connectivity index (χ4v) is 2.41. The molecule has 0 aromatic rings. The van der Waals surface area contributed by atoms with Crippen LogP contribution in [-0.2, 0) is 42.3 Å². The van der Waals surface area contributed by atoms with Crippen molar-refractivity contribution in [1.82, 2.24) is 5.32 Å². The van der Waals surface area contributed by atoms with Crippen molar-refractivity contribution in [2.75, 3.05) is 18.1 Å². The smallest absolute Gasteiger partial charge is 0.229 e. The van der Waals surface area contributed by atoms with Crippen LogP contribution in [0.2, 0.25) is 0 Å². The van der Waals surface area contributed by atoms with Crippen molar-refractivity contribution in [2.24, 2.45) is 16.7 Å². The van der Waals surface area contributed by atoms with Gasteiger partial charge in [-0.1, -0.05) is 54.9 Å². The summed E-state index contributed by atoms with van der Waals surface area (Å²) in [6, 6.07) is 0. The number of hydrogen-bond donors (Lipinski definition) is 1. The third kappa shape index (κ3) is 18.9. The van der Waals surface area contributed by atoms with Gasteiger partial charge in [0.25, 0.3) is 0 Å². The van der Waals surface area contributed by atoms with Gasteiger partial charge < -0.3 is 24.0 Å². The molecule has 1 N–H and O–H groups in total. The van der Waals surface area contributed by atoms with Crippen molar-refractivity contribution in [3.8, 4) is 0 Å². The zero-order valence-corrected chi connectivity index (χ0v) is 20.5. The van der Waals surface area contributed by atoms with Crippen LogP contribution in [0.5, 0.6) is 0 Å². The van der Waals surface area contributed by atoms with Crippen LogP contribution in [0.1, 0.15) is 61.3 Å². The maximum atomic E-state index is 11.8. The number of hydrogen-bond acceptors (Lipinski definition) is 3. The first-order chi connectivity index (χ1) is 10.3. The van der Waals surface area contributed by atoms with E-state index in [1.165, 1.54) is 0 Å². The van der Waals surface area contributed by atoms with E-state index in [9.17, 15) is 9.59 Å². The molecule has 24 heavy (non-hydrogen) atoms. The summed E-state index contributed by atoms with van der Waals surface area (Å²) >= 11 is 1.63. The van der Waals surface area contributed by atoms with Gasteiger partial charge >= 0.3 is 0 Å². The normalized spacial score (nSPS) is 12.4. The molecule has 0 aliphatic heterocycles. The number of Topliss-reactive ketones (excluding diaryl/α,β-unsaturated/α-hetero) is 1. The van der Waals surface area contributed by atoms with Crippen LogP contribution in [0.15, 0.2) is 0 Å². The largest absolute Gasteiger partial charge is 0.358 e. The zero-order valence-electron chi connectivity index (χ0n) is 16.8. The maximum Gasteiger partial charge on any atom is 0.229 e.